The Morgan fingerprint density at radius 2 is 0.773 bits per heavy atom. The highest BCUT2D eigenvalue weighted by Crippen LogP contribution is 2.62. The first kappa shape index (κ1) is 23.2. The molecule has 206 valence electrons. The van der Waals surface area contributed by atoms with Gasteiger partial charge in [-0.05, 0) is 93.8 Å². The Kier molecular flexibility index (Phi) is 4.31. The van der Waals surface area contributed by atoms with Crippen LogP contribution in [0.1, 0.15) is 47.2 Å². The molecule has 0 spiro atoms. The van der Waals surface area contributed by atoms with E-state index in [-0.39, 0.29) is 12.1 Å². The first-order valence-electron chi connectivity index (χ1n) is 15.8. The molecule has 0 bridgehead atoms. The van der Waals surface area contributed by atoms with Gasteiger partial charge in [0.2, 0.25) is 0 Å². The Morgan fingerprint density at radius 3 is 1.20 bits per heavy atom. The Morgan fingerprint density at radius 1 is 0.409 bits per heavy atom. The van der Waals surface area contributed by atoms with E-state index in [1.165, 1.54) is 89.5 Å². The van der Waals surface area contributed by atoms with Crippen LogP contribution in [-0.2, 0) is 0 Å². The molecule has 2 atom stereocenters. The number of benzene rings is 5. The molecule has 0 fully saturated rings. The van der Waals surface area contributed by atoms with E-state index in [0.717, 1.165) is 12.8 Å². The Bertz CT molecular complexity index is 2100. The van der Waals surface area contributed by atoms with Crippen LogP contribution in [0, 0.1) is 0 Å². The van der Waals surface area contributed by atoms with Crippen LogP contribution in [0.5, 0.6) is 0 Å². The summed E-state index contributed by atoms with van der Waals surface area (Å²) in [5.74, 6) is 0. The summed E-state index contributed by atoms with van der Waals surface area (Å²) in [5.41, 5.74) is 22.0. The second-order valence-corrected chi connectivity index (χ2v) is 12.7. The Hall–Kier alpha value is -5.34. The topological polar surface area (TPSA) is 6.48 Å². The fourth-order valence-electron chi connectivity index (χ4n) is 9.05. The van der Waals surface area contributed by atoms with Crippen LogP contribution in [0.25, 0.3) is 33.4 Å². The molecule has 4 heterocycles. The third-order valence-electron chi connectivity index (χ3n) is 10.7. The van der Waals surface area contributed by atoms with Gasteiger partial charge in [-0.3, -0.25) is 0 Å². The van der Waals surface area contributed by atoms with E-state index in [4.69, 9.17) is 0 Å². The van der Waals surface area contributed by atoms with Gasteiger partial charge in [0.15, 0.2) is 0 Å². The van der Waals surface area contributed by atoms with Crippen LogP contribution in [-0.4, -0.2) is 0 Å². The molecule has 0 amide bonds. The van der Waals surface area contributed by atoms with E-state index < -0.39 is 0 Å². The van der Waals surface area contributed by atoms with E-state index in [9.17, 15) is 0 Å². The third kappa shape index (κ3) is 2.73. The van der Waals surface area contributed by atoms with Gasteiger partial charge in [0.05, 0.1) is 12.1 Å². The quantitative estimate of drug-likeness (QED) is 0.186. The number of fused-ring (bicyclic) bond motifs is 20. The summed E-state index contributed by atoms with van der Waals surface area (Å²) in [5, 5.41) is 0. The zero-order valence-electron chi connectivity index (χ0n) is 24.2. The molecule has 0 saturated carbocycles. The van der Waals surface area contributed by atoms with Crippen molar-refractivity contribution in [1.29, 1.82) is 0 Å². The molecule has 5 aromatic carbocycles. The van der Waals surface area contributed by atoms with E-state index in [2.05, 4.69) is 143 Å². The first-order chi connectivity index (χ1) is 21.9. The highest BCUT2D eigenvalue weighted by Gasteiger charge is 2.44. The maximum Gasteiger partial charge on any atom is 0.0854 e. The lowest BCUT2D eigenvalue weighted by molar-refractivity contribution is 0.784. The molecule has 2 aliphatic carbocycles. The number of allylic oxidation sites excluding steroid dienone is 4. The van der Waals surface area contributed by atoms with E-state index in [1.54, 1.807) is 0 Å². The normalized spacial score (nSPS) is 20.5. The van der Waals surface area contributed by atoms with Gasteiger partial charge in [-0.1, -0.05) is 97.1 Å². The number of hydrogen-bond donors (Lipinski definition) is 0. The molecular formula is C42H28N2. The Labute approximate surface area is 257 Å². The number of anilines is 4. The molecule has 6 aliphatic rings. The van der Waals surface area contributed by atoms with Gasteiger partial charge in [0, 0.05) is 45.0 Å². The fourth-order valence-corrected chi connectivity index (χ4v) is 9.05. The maximum atomic E-state index is 2.62. The molecule has 0 aromatic heterocycles. The zero-order valence-corrected chi connectivity index (χ0v) is 24.2. The lowest BCUT2D eigenvalue weighted by Gasteiger charge is -2.47. The van der Waals surface area contributed by atoms with Crippen LogP contribution in [0.2, 0.25) is 0 Å². The predicted octanol–water partition coefficient (Wildman–Crippen LogP) is 10.9. The predicted molar refractivity (Wildman–Crippen MR) is 181 cm³/mol. The minimum Gasteiger partial charge on any atom is -0.329 e. The van der Waals surface area contributed by atoms with Crippen LogP contribution in [0.3, 0.4) is 0 Å². The van der Waals surface area contributed by atoms with Gasteiger partial charge in [-0.2, -0.15) is 0 Å². The van der Waals surface area contributed by atoms with E-state index >= 15 is 0 Å². The molecule has 11 rings (SSSR count). The maximum absolute atomic E-state index is 2.62. The highest BCUT2D eigenvalue weighted by molar-refractivity contribution is 6.02. The molecule has 5 aromatic rings. The molecule has 2 nitrogen and oxygen atoms in total. The molecule has 0 N–H and O–H groups in total. The number of nitrogens with zero attached hydrogens (tertiary/aromatic N) is 2. The monoisotopic (exact) mass is 560 g/mol. The van der Waals surface area contributed by atoms with E-state index in [1.807, 2.05) is 0 Å². The molecule has 0 radical (unpaired) electrons. The van der Waals surface area contributed by atoms with Crippen molar-refractivity contribution in [3.8, 4) is 22.3 Å². The van der Waals surface area contributed by atoms with Crippen molar-refractivity contribution in [3.63, 3.8) is 0 Å². The third-order valence-corrected chi connectivity index (χ3v) is 10.7. The van der Waals surface area contributed by atoms with Gasteiger partial charge in [0.25, 0.3) is 0 Å². The molecular weight excluding hydrogens is 532 g/mol. The number of para-hydroxylation sites is 4. The minimum absolute atomic E-state index is 0.146. The average Bonchev–Trinajstić information content (AvgIpc) is 3.78. The van der Waals surface area contributed by atoms with Crippen LogP contribution in [0.4, 0.5) is 22.7 Å². The summed E-state index contributed by atoms with van der Waals surface area (Å²) < 4.78 is 0. The van der Waals surface area contributed by atoms with Gasteiger partial charge in [-0.25, -0.2) is 0 Å². The van der Waals surface area contributed by atoms with E-state index in [0.29, 0.717) is 0 Å². The van der Waals surface area contributed by atoms with Crippen molar-refractivity contribution in [2.24, 2.45) is 0 Å². The fraction of sp³-hybridized carbons (Fsp3) is 0.0952. The molecule has 2 unspecified atom stereocenters. The second-order valence-electron chi connectivity index (χ2n) is 12.7. The first-order valence-corrected chi connectivity index (χ1v) is 15.8. The SMILES string of the molecule is C1=CC2=C(C1)c1ccccc1N1c3ccccc3-c3cc4c(cc3C21)-c1ccccc1N1c2ccccc2C2=C(C=CC2)C41. The van der Waals surface area contributed by atoms with Crippen LogP contribution in [0.15, 0.2) is 145 Å². The molecule has 0 saturated heterocycles. The van der Waals surface area contributed by atoms with Gasteiger partial charge in [0.1, 0.15) is 0 Å². The van der Waals surface area contributed by atoms with Crippen molar-refractivity contribution in [2.75, 3.05) is 9.80 Å². The van der Waals surface area contributed by atoms with Crippen molar-refractivity contribution in [3.05, 3.63) is 167 Å². The smallest absolute Gasteiger partial charge is 0.0854 e. The van der Waals surface area contributed by atoms with Gasteiger partial charge >= 0.3 is 0 Å². The van der Waals surface area contributed by atoms with Crippen LogP contribution < -0.4 is 9.80 Å². The minimum atomic E-state index is 0.146. The summed E-state index contributed by atoms with van der Waals surface area (Å²) >= 11 is 0. The largest absolute Gasteiger partial charge is 0.329 e. The summed E-state index contributed by atoms with van der Waals surface area (Å²) in [7, 11) is 0. The summed E-state index contributed by atoms with van der Waals surface area (Å²) in [6.45, 7) is 0. The molecule has 2 heteroatoms. The summed E-state index contributed by atoms with van der Waals surface area (Å²) in [6.07, 6.45) is 11.5. The van der Waals surface area contributed by atoms with Crippen molar-refractivity contribution in [2.45, 2.75) is 24.9 Å². The highest BCUT2D eigenvalue weighted by atomic mass is 15.2. The van der Waals surface area contributed by atoms with Crippen molar-refractivity contribution in [1.82, 2.24) is 0 Å². The summed E-state index contributed by atoms with van der Waals surface area (Å²) in [6, 6.07) is 41.6. The molecule has 44 heavy (non-hydrogen) atoms. The van der Waals surface area contributed by atoms with Crippen molar-refractivity contribution < 1.29 is 0 Å². The number of hydrogen-bond acceptors (Lipinski definition) is 2. The standard InChI is InChI=1S/C42H28N2/c1-5-19-37-27(11-1)25-15-9-17-31(25)41-35-23-34-30-14-4-8-22-40(30)44-38-20-6-2-12-28(38)26-16-10-18-32(26)42(44)36(34)24-33(35)29-13-3-7-21-39(29)43(37)41/h1-14,17-24,41-42H,15-16H2. The lowest BCUT2D eigenvalue weighted by atomic mass is 9.74. The molecule has 4 aliphatic heterocycles. The zero-order chi connectivity index (χ0) is 28.5. The lowest BCUT2D eigenvalue weighted by Crippen LogP contribution is -2.34. The van der Waals surface area contributed by atoms with Crippen molar-refractivity contribution >= 4 is 33.9 Å². The average molecular weight is 561 g/mol. The van der Waals surface area contributed by atoms with Crippen LogP contribution >= 0.6 is 0 Å². The summed E-state index contributed by atoms with van der Waals surface area (Å²) in [4.78, 5) is 5.23. The Balaban J connectivity index is 1.24. The second kappa shape index (κ2) is 8.18. The van der Waals surface area contributed by atoms with Gasteiger partial charge < -0.3 is 9.80 Å². The van der Waals surface area contributed by atoms with Gasteiger partial charge in [-0.15, -0.1) is 0 Å². The number of rotatable bonds is 0.